The lowest BCUT2D eigenvalue weighted by atomic mass is 9.89. The number of fused-ring (bicyclic) bond motifs is 1. The summed E-state index contributed by atoms with van der Waals surface area (Å²) in [5, 5.41) is 4.38. The molecule has 0 radical (unpaired) electrons. The van der Waals surface area contributed by atoms with Gasteiger partial charge in [0.25, 0.3) is 0 Å². The SMILES string of the molecule is O=c1oc2ccccc2n[n+]1CC1CCCCC1. The van der Waals surface area contributed by atoms with Gasteiger partial charge in [-0.1, -0.05) is 31.4 Å². The van der Waals surface area contributed by atoms with Crippen LogP contribution >= 0.6 is 0 Å². The molecule has 94 valence electrons. The molecule has 1 aliphatic rings. The zero-order valence-electron chi connectivity index (χ0n) is 10.3. The third-order valence-corrected chi connectivity index (χ3v) is 3.66. The standard InChI is InChI=1S/C14H17N2O2/c17-14-16(10-11-6-2-1-3-7-11)15-12-8-4-5-9-13(12)18-14/h4-5,8-9,11H,1-3,6-7,10H2/q+1. The molecule has 1 heterocycles. The molecule has 0 unspecified atom stereocenters. The van der Waals surface area contributed by atoms with Crippen LogP contribution < -0.4 is 10.4 Å². The Morgan fingerprint density at radius 1 is 1.22 bits per heavy atom. The van der Waals surface area contributed by atoms with Crippen molar-refractivity contribution in [1.29, 1.82) is 0 Å². The van der Waals surface area contributed by atoms with Crippen LogP contribution in [0.3, 0.4) is 0 Å². The Balaban J connectivity index is 1.91. The van der Waals surface area contributed by atoms with Crippen molar-refractivity contribution < 1.29 is 9.10 Å². The maximum absolute atomic E-state index is 11.8. The third kappa shape index (κ3) is 2.28. The van der Waals surface area contributed by atoms with E-state index in [-0.39, 0.29) is 5.76 Å². The molecule has 0 atom stereocenters. The van der Waals surface area contributed by atoms with Crippen molar-refractivity contribution in [1.82, 2.24) is 5.10 Å². The molecule has 3 rings (SSSR count). The molecule has 0 saturated heterocycles. The lowest BCUT2D eigenvalue weighted by molar-refractivity contribution is -0.780. The van der Waals surface area contributed by atoms with Crippen LogP contribution in [0.15, 0.2) is 33.5 Å². The van der Waals surface area contributed by atoms with Crippen molar-refractivity contribution in [3.8, 4) is 0 Å². The van der Waals surface area contributed by atoms with Crippen molar-refractivity contribution in [3.63, 3.8) is 0 Å². The Kier molecular flexibility index (Phi) is 3.09. The van der Waals surface area contributed by atoms with E-state index in [1.807, 2.05) is 18.2 Å². The van der Waals surface area contributed by atoms with Gasteiger partial charge in [-0.25, -0.2) is 0 Å². The van der Waals surface area contributed by atoms with Gasteiger partial charge in [0.1, 0.15) is 0 Å². The molecule has 0 bridgehead atoms. The van der Waals surface area contributed by atoms with Gasteiger partial charge in [-0.2, -0.15) is 4.79 Å². The topological polar surface area (TPSA) is 47.0 Å². The number of hydrogen-bond donors (Lipinski definition) is 0. The van der Waals surface area contributed by atoms with Gasteiger partial charge in [0.2, 0.25) is 0 Å². The van der Waals surface area contributed by atoms with E-state index in [9.17, 15) is 4.79 Å². The van der Waals surface area contributed by atoms with E-state index >= 15 is 0 Å². The van der Waals surface area contributed by atoms with Gasteiger partial charge < -0.3 is 4.42 Å². The van der Waals surface area contributed by atoms with E-state index in [4.69, 9.17) is 4.42 Å². The second-order valence-electron chi connectivity index (χ2n) is 5.02. The monoisotopic (exact) mass is 245 g/mol. The van der Waals surface area contributed by atoms with Crippen molar-refractivity contribution in [2.75, 3.05) is 0 Å². The van der Waals surface area contributed by atoms with Crippen LogP contribution in [-0.2, 0) is 6.54 Å². The van der Waals surface area contributed by atoms with Gasteiger partial charge in [0.15, 0.2) is 17.6 Å². The van der Waals surface area contributed by atoms with Crippen LogP contribution in [-0.4, -0.2) is 5.10 Å². The fraction of sp³-hybridized carbons (Fsp3) is 0.500. The first kappa shape index (κ1) is 11.4. The number of hydrogen-bond acceptors (Lipinski definition) is 3. The molecule has 18 heavy (non-hydrogen) atoms. The zero-order valence-corrected chi connectivity index (χ0v) is 10.3. The minimum Gasteiger partial charge on any atom is -0.368 e. The molecule has 4 heteroatoms. The summed E-state index contributed by atoms with van der Waals surface area (Å²) >= 11 is 0. The highest BCUT2D eigenvalue weighted by Gasteiger charge is 2.22. The molecule has 1 aliphatic carbocycles. The molecule has 4 nitrogen and oxygen atoms in total. The minimum atomic E-state index is -0.348. The predicted molar refractivity (Wildman–Crippen MR) is 67.0 cm³/mol. The zero-order chi connectivity index (χ0) is 12.4. The molecule has 0 N–H and O–H groups in total. The van der Waals surface area contributed by atoms with Crippen LogP contribution in [0.1, 0.15) is 32.1 Å². The van der Waals surface area contributed by atoms with Crippen LogP contribution in [0.25, 0.3) is 11.1 Å². The third-order valence-electron chi connectivity index (χ3n) is 3.66. The maximum Gasteiger partial charge on any atom is 0.628 e. The molecule has 1 aromatic heterocycles. The van der Waals surface area contributed by atoms with Crippen LogP contribution in [0, 0.1) is 5.92 Å². The highest BCUT2D eigenvalue weighted by atomic mass is 16.4. The highest BCUT2D eigenvalue weighted by molar-refractivity contribution is 5.69. The molecule has 1 fully saturated rings. The van der Waals surface area contributed by atoms with Gasteiger partial charge in [-0.15, -0.1) is 0 Å². The summed E-state index contributed by atoms with van der Waals surface area (Å²) in [5.74, 6) is 0.222. The fourth-order valence-corrected chi connectivity index (χ4v) is 2.67. The fourth-order valence-electron chi connectivity index (χ4n) is 2.67. The highest BCUT2D eigenvalue weighted by Crippen LogP contribution is 2.23. The Morgan fingerprint density at radius 2 is 2.00 bits per heavy atom. The molecule has 0 aliphatic heterocycles. The Bertz CT molecular complexity index is 600. The van der Waals surface area contributed by atoms with Gasteiger partial charge in [0.05, 0.1) is 0 Å². The van der Waals surface area contributed by atoms with Crippen molar-refractivity contribution in [2.24, 2.45) is 5.92 Å². The lowest BCUT2D eigenvalue weighted by Crippen LogP contribution is -2.54. The predicted octanol–water partition coefficient (Wildman–Crippen LogP) is 2.06. The van der Waals surface area contributed by atoms with E-state index in [0.29, 0.717) is 18.0 Å². The Labute approximate surface area is 105 Å². The summed E-state index contributed by atoms with van der Waals surface area (Å²) in [6, 6.07) is 7.39. The number of rotatable bonds is 2. The van der Waals surface area contributed by atoms with E-state index < -0.39 is 0 Å². The van der Waals surface area contributed by atoms with Crippen molar-refractivity contribution in [3.05, 3.63) is 34.8 Å². The second-order valence-corrected chi connectivity index (χ2v) is 5.02. The number of aromatic nitrogens is 2. The summed E-state index contributed by atoms with van der Waals surface area (Å²) < 4.78 is 6.76. The first-order chi connectivity index (χ1) is 8.83. The quantitative estimate of drug-likeness (QED) is 0.761. The Morgan fingerprint density at radius 3 is 2.83 bits per heavy atom. The lowest BCUT2D eigenvalue weighted by Gasteiger charge is -2.17. The smallest absolute Gasteiger partial charge is 0.368 e. The summed E-state index contributed by atoms with van der Waals surface area (Å²) in [5.41, 5.74) is 1.30. The molecule has 0 amide bonds. The average molecular weight is 245 g/mol. The van der Waals surface area contributed by atoms with Crippen LogP contribution in [0.2, 0.25) is 0 Å². The van der Waals surface area contributed by atoms with Crippen LogP contribution in [0.4, 0.5) is 0 Å². The van der Waals surface area contributed by atoms with Crippen molar-refractivity contribution >= 4 is 11.1 Å². The summed E-state index contributed by atoms with van der Waals surface area (Å²) in [4.78, 5) is 11.8. The Hall–Kier alpha value is -1.71. The number of benzene rings is 1. The van der Waals surface area contributed by atoms with Crippen molar-refractivity contribution in [2.45, 2.75) is 38.6 Å². The largest absolute Gasteiger partial charge is 0.628 e. The second kappa shape index (κ2) is 4.88. The van der Waals surface area contributed by atoms with E-state index in [1.165, 1.54) is 36.8 Å². The molecule has 0 spiro atoms. The molecular weight excluding hydrogens is 228 g/mol. The minimum absolute atomic E-state index is 0.348. The average Bonchev–Trinajstić information content (AvgIpc) is 2.41. The van der Waals surface area contributed by atoms with E-state index in [1.54, 1.807) is 6.07 Å². The molecule has 2 aromatic rings. The van der Waals surface area contributed by atoms with Gasteiger partial charge in [0, 0.05) is 11.0 Å². The van der Waals surface area contributed by atoms with Crippen LogP contribution in [0.5, 0.6) is 0 Å². The molecule has 1 aromatic carbocycles. The normalized spacial score (nSPS) is 17.1. The van der Waals surface area contributed by atoms with E-state index in [2.05, 4.69) is 5.10 Å². The van der Waals surface area contributed by atoms with Gasteiger partial charge in [-0.3, -0.25) is 0 Å². The molecular formula is C14H17N2O2+. The number of para-hydroxylation sites is 1. The first-order valence-corrected chi connectivity index (χ1v) is 6.63. The van der Waals surface area contributed by atoms with Gasteiger partial charge >= 0.3 is 5.76 Å². The summed E-state index contributed by atoms with van der Waals surface area (Å²) in [6.45, 7) is 0.688. The summed E-state index contributed by atoms with van der Waals surface area (Å²) in [7, 11) is 0. The first-order valence-electron chi connectivity index (χ1n) is 6.63. The number of nitrogens with zero attached hydrogens (tertiary/aromatic N) is 2. The summed E-state index contributed by atoms with van der Waals surface area (Å²) in [6.07, 6.45) is 6.25. The van der Waals surface area contributed by atoms with Gasteiger partial charge in [-0.05, 0) is 29.7 Å². The van der Waals surface area contributed by atoms with E-state index in [0.717, 1.165) is 5.52 Å². The maximum atomic E-state index is 11.8. The molecule has 1 saturated carbocycles.